The number of rotatable bonds is 6. The monoisotopic (exact) mass is 425 g/mol. The van der Waals surface area contributed by atoms with Gasteiger partial charge in [-0.15, -0.1) is 12.4 Å². The predicted molar refractivity (Wildman–Crippen MR) is 103 cm³/mol. The number of hydrogen-bond acceptors (Lipinski definition) is 4. The molecule has 1 aromatic carbocycles. The van der Waals surface area contributed by atoms with Crippen molar-refractivity contribution < 1.29 is 22.8 Å². The molecule has 1 saturated heterocycles. The summed E-state index contributed by atoms with van der Waals surface area (Å²) >= 11 is 1.80. The van der Waals surface area contributed by atoms with Crippen LogP contribution >= 0.6 is 24.2 Å². The number of anilines is 1. The third-order valence-electron chi connectivity index (χ3n) is 3.93. The first-order valence-electron chi connectivity index (χ1n) is 8.35. The lowest BCUT2D eigenvalue weighted by Crippen LogP contribution is -2.40. The van der Waals surface area contributed by atoms with E-state index in [4.69, 9.17) is 0 Å². The van der Waals surface area contributed by atoms with Gasteiger partial charge in [0.1, 0.15) is 0 Å². The molecular weight excluding hydrogens is 403 g/mol. The van der Waals surface area contributed by atoms with Gasteiger partial charge in [0.05, 0.1) is 0 Å². The number of benzene rings is 1. The van der Waals surface area contributed by atoms with Crippen molar-refractivity contribution in [2.45, 2.75) is 32.1 Å². The molecule has 0 bridgehead atoms. The van der Waals surface area contributed by atoms with Gasteiger partial charge in [0, 0.05) is 49.3 Å². The molecule has 152 valence electrons. The number of carbonyl (C=O) groups is 2. The molecule has 1 atom stereocenters. The highest BCUT2D eigenvalue weighted by Crippen LogP contribution is 2.21. The Morgan fingerprint density at radius 2 is 2.11 bits per heavy atom. The Balaban J connectivity index is 0.00000364. The van der Waals surface area contributed by atoms with Crippen LogP contribution in [0.25, 0.3) is 0 Å². The van der Waals surface area contributed by atoms with E-state index in [2.05, 4.69) is 10.6 Å². The minimum Gasteiger partial charge on any atom is -0.331 e. The van der Waals surface area contributed by atoms with E-state index in [1.54, 1.807) is 36.0 Å². The maximum absolute atomic E-state index is 12.6. The second-order valence-electron chi connectivity index (χ2n) is 6.00. The first-order chi connectivity index (χ1) is 12.3. The van der Waals surface area contributed by atoms with Gasteiger partial charge in [-0.25, -0.2) is 0 Å². The Bertz CT molecular complexity index is 640. The fourth-order valence-corrected chi connectivity index (χ4v) is 3.61. The van der Waals surface area contributed by atoms with Crippen LogP contribution in [-0.2, 0) is 16.1 Å². The number of nitrogens with one attached hydrogen (secondary N) is 2. The summed E-state index contributed by atoms with van der Waals surface area (Å²) in [7, 11) is 0. The molecule has 1 aliphatic rings. The average molecular weight is 426 g/mol. The quantitative estimate of drug-likeness (QED) is 0.735. The normalized spacial score (nSPS) is 17.0. The summed E-state index contributed by atoms with van der Waals surface area (Å²) < 4.78 is 37.8. The zero-order chi connectivity index (χ0) is 19.2. The molecule has 1 aromatic rings. The van der Waals surface area contributed by atoms with Crippen molar-refractivity contribution in [1.29, 1.82) is 0 Å². The van der Waals surface area contributed by atoms with Crippen molar-refractivity contribution in [3.05, 3.63) is 29.8 Å². The molecule has 0 radical (unpaired) electrons. The minimum atomic E-state index is -4.90. The fraction of sp³-hybridized carbons (Fsp3) is 0.529. The molecule has 0 saturated carbocycles. The lowest BCUT2D eigenvalue weighted by molar-refractivity contribution is -0.185. The zero-order valence-corrected chi connectivity index (χ0v) is 16.5. The van der Waals surface area contributed by atoms with E-state index in [0.29, 0.717) is 17.7 Å². The smallest absolute Gasteiger partial charge is 0.331 e. The number of hydrogen-bond donors (Lipinski definition) is 2. The Labute approximate surface area is 166 Å². The van der Waals surface area contributed by atoms with Crippen LogP contribution in [0, 0.1) is 0 Å². The molecule has 1 aliphatic heterocycles. The number of thioether (sulfide) groups is 1. The maximum Gasteiger partial charge on any atom is 0.471 e. The Kier molecular flexibility index (Phi) is 9.41. The Hall–Kier alpha value is -1.45. The van der Waals surface area contributed by atoms with Crippen LogP contribution in [0.3, 0.4) is 0 Å². The summed E-state index contributed by atoms with van der Waals surface area (Å²) in [6.07, 6.45) is -4.56. The number of alkyl halides is 3. The predicted octanol–water partition coefficient (Wildman–Crippen LogP) is 3.05. The molecule has 2 amide bonds. The van der Waals surface area contributed by atoms with Gasteiger partial charge >= 0.3 is 12.1 Å². The van der Waals surface area contributed by atoms with E-state index in [-0.39, 0.29) is 37.4 Å². The summed E-state index contributed by atoms with van der Waals surface area (Å²) in [5.41, 5.74) is 1.03. The van der Waals surface area contributed by atoms with Crippen molar-refractivity contribution >= 4 is 41.7 Å². The van der Waals surface area contributed by atoms with Gasteiger partial charge in [-0.1, -0.05) is 12.1 Å². The second-order valence-corrected chi connectivity index (χ2v) is 7.15. The molecule has 0 aromatic heterocycles. The van der Waals surface area contributed by atoms with Crippen molar-refractivity contribution in [3.63, 3.8) is 0 Å². The van der Waals surface area contributed by atoms with E-state index in [1.165, 1.54) is 6.92 Å². The molecule has 1 heterocycles. The van der Waals surface area contributed by atoms with Crippen LogP contribution < -0.4 is 10.6 Å². The van der Waals surface area contributed by atoms with Crippen LogP contribution in [0.4, 0.5) is 18.9 Å². The highest BCUT2D eigenvalue weighted by molar-refractivity contribution is 7.99. The average Bonchev–Trinajstić information content (AvgIpc) is 2.59. The summed E-state index contributed by atoms with van der Waals surface area (Å²) in [5.74, 6) is -0.111. The van der Waals surface area contributed by atoms with Crippen molar-refractivity contribution in [1.82, 2.24) is 10.2 Å². The molecule has 1 fully saturated rings. The van der Waals surface area contributed by atoms with E-state index in [0.717, 1.165) is 23.0 Å². The summed E-state index contributed by atoms with van der Waals surface area (Å²) in [5, 5.41) is 6.04. The van der Waals surface area contributed by atoms with Crippen LogP contribution in [0.1, 0.15) is 18.9 Å². The zero-order valence-electron chi connectivity index (χ0n) is 14.8. The van der Waals surface area contributed by atoms with E-state index in [9.17, 15) is 22.8 Å². The van der Waals surface area contributed by atoms with E-state index in [1.807, 2.05) is 0 Å². The summed E-state index contributed by atoms with van der Waals surface area (Å²) in [4.78, 5) is 24.3. The summed E-state index contributed by atoms with van der Waals surface area (Å²) in [6, 6.07) is 6.66. The molecule has 0 aliphatic carbocycles. The van der Waals surface area contributed by atoms with Crippen LogP contribution in [-0.4, -0.2) is 53.5 Å². The van der Waals surface area contributed by atoms with Gasteiger partial charge in [-0.2, -0.15) is 24.9 Å². The second kappa shape index (κ2) is 10.8. The Morgan fingerprint density at radius 1 is 1.37 bits per heavy atom. The SMILES string of the molecule is CCN(Cc1cccc(NC(=O)CC2CSCCN2)c1)C(=O)C(F)(F)F.Cl. The third-order valence-corrected chi connectivity index (χ3v) is 5.06. The molecule has 10 heteroatoms. The molecular formula is C17H23ClF3N3O2S. The number of carbonyl (C=O) groups excluding carboxylic acids is 2. The maximum atomic E-state index is 12.6. The van der Waals surface area contributed by atoms with Crippen molar-refractivity contribution in [2.24, 2.45) is 0 Å². The van der Waals surface area contributed by atoms with Crippen molar-refractivity contribution in [3.8, 4) is 0 Å². The van der Waals surface area contributed by atoms with E-state index < -0.39 is 12.1 Å². The fourth-order valence-electron chi connectivity index (χ4n) is 2.66. The summed E-state index contributed by atoms with van der Waals surface area (Å²) in [6.45, 7) is 2.14. The van der Waals surface area contributed by atoms with E-state index >= 15 is 0 Å². The number of amides is 2. The first-order valence-corrected chi connectivity index (χ1v) is 9.51. The molecule has 2 rings (SSSR count). The van der Waals surface area contributed by atoms with Gasteiger partial charge < -0.3 is 15.5 Å². The van der Waals surface area contributed by atoms with Gasteiger partial charge in [0.25, 0.3) is 0 Å². The standard InChI is InChI=1S/C17H22F3N3O2S.ClH/c1-2-23(16(25)17(18,19)20)10-12-4-3-5-13(8-12)22-15(24)9-14-11-26-7-6-21-14;/h3-5,8,14,21H,2,6-7,9-11H2,1H3,(H,22,24);1H. The number of halogens is 4. The van der Waals surface area contributed by atoms with Gasteiger partial charge in [0.15, 0.2) is 0 Å². The largest absolute Gasteiger partial charge is 0.471 e. The van der Waals surface area contributed by atoms with Gasteiger partial charge in [-0.05, 0) is 24.6 Å². The molecule has 27 heavy (non-hydrogen) atoms. The van der Waals surface area contributed by atoms with Gasteiger partial charge in [0.2, 0.25) is 5.91 Å². The third kappa shape index (κ3) is 7.59. The molecule has 2 N–H and O–H groups in total. The highest BCUT2D eigenvalue weighted by Gasteiger charge is 2.41. The van der Waals surface area contributed by atoms with Crippen LogP contribution in [0.2, 0.25) is 0 Å². The lowest BCUT2D eigenvalue weighted by Gasteiger charge is -2.23. The lowest BCUT2D eigenvalue weighted by atomic mass is 10.1. The first kappa shape index (κ1) is 23.6. The van der Waals surface area contributed by atoms with Crippen molar-refractivity contribution in [2.75, 3.05) is 29.9 Å². The number of nitrogens with zero attached hydrogens (tertiary/aromatic N) is 1. The molecule has 5 nitrogen and oxygen atoms in total. The Morgan fingerprint density at radius 3 is 2.70 bits per heavy atom. The van der Waals surface area contributed by atoms with Crippen LogP contribution in [0.15, 0.2) is 24.3 Å². The topological polar surface area (TPSA) is 61.4 Å². The van der Waals surface area contributed by atoms with Crippen LogP contribution in [0.5, 0.6) is 0 Å². The van der Waals surface area contributed by atoms with Gasteiger partial charge in [-0.3, -0.25) is 9.59 Å². The minimum absolute atomic E-state index is 0. The molecule has 0 spiro atoms. The highest BCUT2D eigenvalue weighted by atomic mass is 35.5. The molecule has 1 unspecified atom stereocenters.